The number of Topliss-reactive ketones (excluding diaryl/α,β-unsaturated/α-hetero) is 1. The van der Waals surface area contributed by atoms with Gasteiger partial charge in [0.2, 0.25) is 5.78 Å². The number of sulfonamides is 1. The zero-order chi connectivity index (χ0) is 17.7. The van der Waals surface area contributed by atoms with Gasteiger partial charge in [0.1, 0.15) is 0 Å². The average molecular weight is 341 g/mol. The fourth-order valence-corrected chi connectivity index (χ4v) is 3.15. The van der Waals surface area contributed by atoms with Gasteiger partial charge in [-0.3, -0.25) is 4.79 Å². The van der Waals surface area contributed by atoms with E-state index < -0.39 is 10.0 Å². The Morgan fingerprint density at radius 1 is 1.00 bits per heavy atom. The second-order valence-corrected chi connectivity index (χ2v) is 7.46. The van der Waals surface area contributed by atoms with E-state index in [1.54, 1.807) is 56.3 Å². The van der Waals surface area contributed by atoms with E-state index in [0.717, 1.165) is 9.87 Å². The fourth-order valence-electron chi connectivity index (χ4n) is 1.89. The van der Waals surface area contributed by atoms with E-state index in [9.17, 15) is 13.2 Å². The lowest BCUT2D eigenvalue weighted by atomic mass is 10.1. The first kappa shape index (κ1) is 17.8. The number of hydrogen-bond acceptors (Lipinski definition) is 3. The number of carbonyl (C=O) groups excluding carboxylic acids is 1. The minimum Gasteiger partial charge on any atom is -0.285 e. The Morgan fingerprint density at radius 3 is 2.12 bits per heavy atom. The zero-order valence-corrected chi connectivity index (χ0v) is 14.7. The molecule has 5 heteroatoms. The van der Waals surface area contributed by atoms with Gasteiger partial charge in [-0.1, -0.05) is 49.7 Å². The van der Waals surface area contributed by atoms with Gasteiger partial charge in [0, 0.05) is 12.0 Å². The van der Waals surface area contributed by atoms with Crippen LogP contribution in [0.3, 0.4) is 0 Å². The lowest BCUT2D eigenvalue weighted by molar-refractivity contribution is -0.116. The molecule has 0 radical (unpaired) electrons. The summed E-state index contributed by atoms with van der Waals surface area (Å²) >= 11 is 0. The molecule has 0 saturated heterocycles. The minimum atomic E-state index is -3.88. The third-order valence-corrected chi connectivity index (χ3v) is 5.01. The molecular weight excluding hydrogens is 322 g/mol. The third kappa shape index (κ3) is 4.03. The normalized spacial score (nSPS) is 10.8. The molecule has 2 rings (SSSR count). The Bertz CT molecular complexity index is 874. The first-order valence-corrected chi connectivity index (χ1v) is 8.99. The predicted molar refractivity (Wildman–Crippen MR) is 94.9 cm³/mol. The maximum Gasteiger partial charge on any atom is 0.275 e. The van der Waals surface area contributed by atoms with E-state index in [1.165, 1.54) is 12.1 Å². The summed E-state index contributed by atoms with van der Waals surface area (Å²) < 4.78 is 26.8. The van der Waals surface area contributed by atoms with Gasteiger partial charge in [0.15, 0.2) is 0 Å². The van der Waals surface area contributed by atoms with Gasteiger partial charge in [0.05, 0.1) is 10.6 Å². The summed E-state index contributed by atoms with van der Waals surface area (Å²) in [6, 6.07) is 17.5. The van der Waals surface area contributed by atoms with Crippen LogP contribution in [-0.4, -0.2) is 14.2 Å². The van der Waals surface area contributed by atoms with E-state index in [0.29, 0.717) is 5.69 Å². The fraction of sp³-hybridized carbons (Fsp3) is 0.211. The van der Waals surface area contributed by atoms with E-state index in [-0.39, 0.29) is 16.6 Å². The van der Waals surface area contributed by atoms with Crippen molar-refractivity contribution in [3.05, 3.63) is 60.2 Å². The molecule has 0 aliphatic heterocycles. The molecule has 4 nitrogen and oxygen atoms in total. The maximum atomic E-state index is 12.9. The summed E-state index contributed by atoms with van der Waals surface area (Å²) in [4.78, 5) is 11.9. The Labute approximate surface area is 143 Å². The molecule has 24 heavy (non-hydrogen) atoms. The van der Waals surface area contributed by atoms with Crippen molar-refractivity contribution < 1.29 is 13.2 Å². The second kappa shape index (κ2) is 7.33. The smallest absolute Gasteiger partial charge is 0.275 e. The number of benzene rings is 2. The van der Waals surface area contributed by atoms with Gasteiger partial charge in [-0.15, -0.1) is 0 Å². The van der Waals surface area contributed by atoms with Crippen LogP contribution in [0.25, 0.3) is 0 Å². The molecular formula is C19H19NO3S. The van der Waals surface area contributed by atoms with Crippen molar-refractivity contribution in [1.82, 2.24) is 0 Å². The summed E-state index contributed by atoms with van der Waals surface area (Å²) in [6.07, 6.45) is 0. The molecule has 2 aromatic rings. The van der Waals surface area contributed by atoms with Crippen LogP contribution in [0.15, 0.2) is 59.5 Å². The lowest BCUT2D eigenvalue weighted by Crippen LogP contribution is -2.26. The van der Waals surface area contributed by atoms with Crippen LogP contribution in [0.4, 0.5) is 5.69 Å². The SMILES string of the molecule is Cc1ccc(S(=O)(=O)N(C#CC(=O)C(C)C)c2ccccc2)cc1. The van der Waals surface area contributed by atoms with Crippen molar-refractivity contribution in [3.8, 4) is 12.0 Å². The number of anilines is 1. The number of carbonyl (C=O) groups is 1. The average Bonchev–Trinajstić information content (AvgIpc) is 2.56. The summed E-state index contributed by atoms with van der Waals surface area (Å²) in [5, 5.41) is 0. The standard InChI is InChI=1S/C19H19NO3S/c1-15(2)19(21)13-14-20(17-7-5-4-6-8-17)24(22,23)18-11-9-16(3)10-12-18/h4-12,15H,1-3H3. The minimum absolute atomic E-state index is 0.128. The molecule has 0 N–H and O–H groups in total. The third-order valence-electron chi connectivity index (χ3n) is 3.35. The van der Waals surface area contributed by atoms with Gasteiger partial charge in [-0.05, 0) is 37.1 Å². The van der Waals surface area contributed by atoms with Crippen LogP contribution in [0, 0.1) is 24.8 Å². The molecule has 0 heterocycles. The Balaban J connectivity index is 2.53. The van der Waals surface area contributed by atoms with Crippen LogP contribution in [0.1, 0.15) is 19.4 Å². The summed E-state index contributed by atoms with van der Waals surface area (Å²) in [7, 11) is -3.88. The molecule has 0 aromatic heterocycles. The molecule has 124 valence electrons. The van der Waals surface area contributed by atoms with Crippen molar-refractivity contribution in [2.45, 2.75) is 25.7 Å². The first-order valence-electron chi connectivity index (χ1n) is 7.55. The lowest BCUT2D eigenvalue weighted by Gasteiger charge is -2.18. The van der Waals surface area contributed by atoms with E-state index in [2.05, 4.69) is 12.0 Å². The van der Waals surface area contributed by atoms with Crippen molar-refractivity contribution >= 4 is 21.5 Å². The van der Waals surface area contributed by atoms with Gasteiger partial charge in [0.25, 0.3) is 10.0 Å². The number of aryl methyl sites for hydroxylation is 1. The molecule has 0 saturated carbocycles. The summed E-state index contributed by atoms with van der Waals surface area (Å²) in [5.41, 5.74) is 1.35. The largest absolute Gasteiger partial charge is 0.285 e. The van der Waals surface area contributed by atoms with Gasteiger partial charge in [-0.25, -0.2) is 8.42 Å². The van der Waals surface area contributed by atoms with E-state index in [4.69, 9.17) is 0 Å². The summed E-state index contributed by atoms with van der Waals surface area (Å²) in [6.45, 7) is 5.32. The number of hydrogen-bond donors (Lipinski definition) is 0. The van der Waals surface area contributed by atoms with Crippen LogP contribution < -0.4 is 4.31 Å². The summed E-state index contributed by atoms with van der Waals surface area (Å²) in [5.74, 6) is 1.84. The molecule has 0 amide bonds. The topological polar surface area (TPSA) is 54.5 Å². The first-order chi connectivity index (χ1) is 11.3. The van der Waals surface area contributed by atoms with Crippen molar-refractivity contribution in [2.24, 2.45) is 5.92 Å². The van der Waals surface area contributed by atoms with E-state index in [1.807, 2.05) is 6.92 Å². The molecule has 0 atom stereocenters. The quantitative estimate of drug-likeness (QED) is 0.633. The van der Waals surface area contributed by atoms with Crippen molar-refractivity contribution in [3.63, 3.8) is 0 Å². The van der Waals surface area contributed by atoms with E-state index >= 15 is 0 Å². The molecule has 0 bridgehead atoms. The highest BCUT2D eigenvalue weighted by molar-refractivity contribution is 7.93. The molecule has 0 unspecified atom stereocenters. The van der Waals surface area contributed by atoms with Crippen LogP contribution >= 0.6 is 0 Å². The van der Waals surface area contributed by atoms with Crippen molar-refractivity contribution in [1.29, 1.82) is 0 Å². The van der Waals surface area contributed by atoms with Crippen LogP contribution in [0.2, 0.25) is 0 Å². The molecule has 0 aliphatic rings. The van der Waals surface area contributed by atoms with Crippen LogP contribution in [-0.2, 0) is 14.8 Å². The van der Waals surface area contributed by atoms with Gasteiger partial charge in [-0.2, -0.15) is 4.31 Å². The Morgan fingerprint density at radius 2 is 1.58 bits per heavy atom. The highest BCUT2D eigenvalue weighted by Crippen LogP contribution is 2.23. The highest BCUT2D eigenvalue weighted by atomic mass is 32.2. The molecule has 0 spiro atoms. The second-order valence-electron chi connectivity index (χ2n) is 5.67. The van der Waals surface area contributed by atoms with Crippen molar-refractivity contribution in [2.75, 3.05) is 4.31 Å². The van der Waals surface area contributed by atoms with Crippen LogP contribution in [0.5, 0.6) is 0 Å². The van der Waals surface area contributed by atoms with Gasteiger partial charge < -0.3 is 0 Å². The number of rotatable bonds is 4. The zero-order valence-electron chi connectivity index (χ0n) is 13.9. The monoisotopic (exact) mass is 341 g/mol. The number of nitrogens with zero attached hydrogens (tertiary/aromatic N) is 1. The molecule has 2 aromatic carbocycles. The highest BCUT2D eigenvalue weighted by Gasteiger charge is 2.24. The van der Waals surface area contributed by atoms with Gasteiger partial charge >= 0.3 is 0 Å². The Hall–Kier alpha value is -2.58. The maximum absolute atomic E-state index is 12.9. The molecule has 0 aliphatic carbocycles. The predicted octanol–water partition coefficient (Wildman–Crippen LogP) is 3.38. The Kier molecular flexibility index (Phi) is 5.42. The molecule has 0 fully saturated rings. The number of ketones is 1. The number of para-hydroxylation sites is 1.